The van der Waals surface area contributed by atoms with Crippen molar-refractivity contribution in [2.75, 3.05) is 19.7 Å². The number of aliphatic carboxylic acids is 1. The third-order valence-corrected chi connectivity index (χ3v) is 4.39. The molecule has 1 saturated heterocycles. The van der Waals surface area contributed by atoms with Gasteiger partial charge in [-0.1, -0.05) is 0 Å². The summed E-state index contributed by atoms with van der Waals surface area (Å²) in [5, 5.41) is 22.9. The van der Waals surface area contributed by atoms with E-state index in [1.165, 1.54) is 17.4 Å². The molecule has 0 radical (unpaired) electrons. The zero-order valence-corrected chi connectivity index (χ0v) is 15.1. The Bertz CT molecular complexity index is 708. The van der Waals surface area contributed by atoms with Crippen LogP contribution in [-0.4, -0.2) is 86.6 Å². The van der Waals surface area contributed by atoms with Crippen molar-refractivity contribution >= 4 is 23.7 Å². The molecule has 1 aliphatic heterocycles. The molecule has 12 heteroatoms. The van der Waals surface area contributed by atoms with E-state index < -0.39 is 55.0 Å². The number of hydrogen-bond donors (Lipinski definition) is 6. The summed E-state index contributed by atoms with van der Waals surface area (Å²) in [4.78, 5) is 55.9. The molecule has 3 amide bonds. The largest absolute Gasteiger partial charge is 0.480 e. The molecule has 0 spiro atoms. The molecule has 1 aromatic heterocycles. The highest BCUT2D eigenvalue weighted by Crippen LogP contribution is 2.19. The van der Waals surface area contributed by atoms with Crippen LogP contribution in [0.1, 0.15) is 18.5 Å². The first-order chi connectivity index (χ1) is 13.3. The summed E-state index contributed by atoms with van der Waals surface area (Å²) < 4.78 is 0. The summed E-state index contributed by atoms with van der Waals surface area (Å²) in [6, 6.07) is -3.12. The summed E-state index contributed by atoms with van der Waals surface area (Å²) in [5.41, 5.74) is 5.93. The van der Waals surface area contributed by atoms with Gasteiger partial charge in [0.25, 0.3) is 0 Å². The minimum absolute atomic E-state index is 0.0809. The Hall–Kier alpha value is -2.99. The Morgan fingerprint density at radius 3 is 2.75 bits per heavy atom. The van der Waals surface area contributed by atoms with Crippen LogP contribution in [0.15, 0.2) is 12.5 Å². The minimum atomic E-state index is -1.16. The number of nitrogens with zero attached hydrogens (tertiary/aromatic N) is 2. The molecule has 0 saturated carbocycles. The molecule has 3 unspecified atom stereocenters. The van der Waals surface area contributed by atoms with Crippen molar-refractivity contribution in [2.24, 2.45) is 5.73 Å². The van der Waals surface area contributed by atoms with Gasteiger partial charge >= 0.3 is 5.97 Å². The standard InChI is InChI=1S/C16H24N6O6/c17-10(7-23)14(25)19-6-13(24)21-11(4-9-5-18-8-20-9)15(26)22-3-1-2-12(22)16(27)28/h5,8,10-12,23H,1-4,6-7,17H2,(H,18,20)(H,19,25)(H,21,24)(H,27,28). The molecule has 0 bridgehead atoms. The van der Waals surface area contributed by atoms with Crippen LogP contribution < -0.4 is 16.4 Å². The van der Waals surface area contributed by atoms with E-state index in [1.54, 1.807) is 0 Å². The van der Waals surface area contributed by atoms with Crippen molar-refractivity contribution in [3.05, 3.63) is 18.2 Å². The van der Waals surface area contributed by atoms with E-state index in [-0.39, 0.29) is 13.0 Å². The second-order valence-corrected chi connectivity index (χ2v) is 6.44. The van der Waals surface area contributed by atoms with Gasteiger partial charge in [-0.25, -0.2) is 9.78 Å². The maximum atomic E-state index is 12.9. The lowest BCUT2D eigenvalue weighted by Crippen LogP contribution is -2.54. The lowest BCUT2D eigenvalue weighted by atomic mass is 10.1. The fraction of sp³-hybridized carbons (Fsp3) is 0.562. The number of aliphatic hydroxyl groups is 1. The summed E-state index contributed by atoms with van der Waals surface area (Å²) in [7, 11) is 0. The molecule has 154 valence electrons. The number of nitrogens with one attached hydrogen (secondary N) is 3. The van der Waals surface area contributed by atoms with Crippen molar-refractivity contribution in [3.8, 4) is 0 Å². The summed E-state index contributed by atoms with van der Waals surface area (Å²) in [5.74, 6) is -2.98. The summed E-state index contributed by atoms with van der Waals surface area (Å²) in [6.07, 6.45) is 3.90. The zero-order chi connectivity index (χ0) is 20.7. The van der Waals surface area contributed by atoms with E-state index in [4.69, 9.17) is 10.8 Å². The first-order valence-corrected chi connectivity index (χ1v) is 8.77. The predicted octanol–water partition coefficient (Wildman–Crippen LogP) is -3.05. The van der Waals surface area contributed by atoms with Gasteiger partial charge in [-0.3, -0.25) is 14.4 Å². The first-order valence-electron chi connectivity index (χ1n) is 8.77. The fourth-order valence-corrected chi connectivity index (χ4v) is 2.93. The number of carbonyl (C=O) groups excluding carboxylic acids is 3. The predicted molar refractivity (Wildman–Crippen MR) is 94.7 cm³/mol. The maximum Gasteiger partial charge on any atom is 0.326 e. The number of imidazole rings is 1. The van der Waals surface area contributed by atoms with Crippen LogP contribution in [0, 0.1) is 0 Å². The number of aromatic nitrogens is 2. The summed E-state index contributed by atoms with van der Waals surface area (Å²) in [6.45, 7) is -0.727. The van der Waals surface area contributed by atoms with Crippen molar-refractivity contribution < 1.29 is 29.4 Å². The number of carboxylic acids is 1. The normalized spacial score (nSPS) is 18.4. The van der Waals surface area contributed by atoms with Gasteiger partial charge in [-0.15, -0.1) is 0 Å². The fourth-order valence-electron chi connectivity index (χ4n) is 2.93. The number of carboxylic acid groups (broad SMARTS) is 1. The van der Waals surface area contributed by atoms with E-state index in [2.05, 4.69) is 20.6 Å². The van der Waals surface area contributed by atoms with Gasteiger partial charge in [0, 0.05) is 24.9 Å². The Labute approximate surface area is 160 Å². The number of likely N-dealkylation sites (tertiary alicyclic amines) is 1. The van der Waals surface area contributed by atoms with E-state index in [9.17, 15) is 24.3 Å². The van der Waals surface area contributed by atoms with Gasteiger partial charge in [0.1, 0.15) is 18.1 Å². The van der Waals surface area contributed by atoms with Crippen molar-refractivity contribution in [2.45, 2.75) is 37.4 Å². The van der Waals surface area contributed by atoms with E-state index >= 15 is 0 Å². The number of hydrogen-bond acceptors (Lipinski definition) is 7. The number of carbonyl (C=O) groups is 4. The molecule has 3 atom stereocenters. The molecular weight excluding hydrogens is 372 g/mol. The lowest BCUT2D eigenvalue weighted by Gasteiger charge is -2.27. The number of aliphatic hydroxyl groups excluding tert-OH is 1. The van der Waals surface area contributed by atoms with Crippen LogP contribution in [0.3, 0.4) is 0 Å². The van der Waals surface area contributed by atoms with Gasteiger partial charge in [-0.05, 0) is 12.8 Å². The Kier molecular flexibility index (Phi) is 7.46. The molecule has 28 heavy (non-hydrogen) atoms. The summed E-state index contributed by atoms with van der Waals surface area (Å²) >= 11 is 0. The molecule has 1 aromatic rings. The van der Waals surface area contributed by atoms with Crippen molar-refractivity contribution in [1.82, 2.24) is 25.5 Å². The van der Waals surface area contributed by atoms with Crippen LogP contribution in [0.5, 0.6) is 0 Å². The molecular formula is C16H24N6O6. The second kappa shape index (κ2) is 9.80. The van der Waals surface area contributed by atoms with E-state index in [0.29, 0.717) is 18.5 Å². The van der Waals surface area contributed by atoms with Crippen molar-refractivity contribution in [3.63, 3.8) is 0 Å². The second-order valence-electron chi connectivity index (χ2n) is 6.44. The molecule has 2 rings (SSSR count). The molecule has 7 N–H and O–H groups in total. The highest BCUT2D eigenvalue weighted by atomic mass is 16.4. The Balaban J connectivity index is 2.04. The van der Waals surface area contributed by atoms with Crippen LogP contribution in [0.25, 0.3) is 0 Å². The smallest absolute Gasteiger partial charge is 0.326 e. The lowest BCUT2D eigenvalue weighted by molar-refractivity contribution is -0.149. The number of nitrogens with two attached hydrogens (primary N) is 1. The number of rotatable bonds is 9. The van der Waals surface area contributed by atoms with Gasteiger partial charge < -0.3 is 36.5 Å². The maximum absolute atomic E-state index is 12.9. The third kappa shape index (κ3) is 5.50. The molecule has 0 aromatic carbocycles. The van der Waals surface area contributed by atoms with Crippen LogP contribution >= 0.6 is 0 Å². The average Bonchev–Trinajstić information content (AvgIpc) is 3.35. The van der Waals surface area contributed by atoms with Crippen LogP contribution in [0.2, 0.25) is 0 Å². The first kappa shape index (κ1) is 21.3. The Morgan fingerprint density at radius 2 is 2.14 bits per heavy atom. The van der Waals surface area contributed by atoms with Gasteiger partial charge in [-0.2, -0.15) is 0 Å². The van der Waals surface area contributed by atoms with Gasteiger partial charge in [0.15, 0.2) is 0 Å². The van der Waals surface area contributed by atoms with E-state index in [1.807, 2.05) is 0 Å². The monoisotopic (exact) mass is 396 g/mol. The SMILES string of the molecule is NC(CO)C(=O)NCC(=O)NC(Cc1cnc[nH]1)C(=O)N1CCCC1C(=O)O. The molecule has 0 aliphatic carbocycles. The molecule has 12 nitrogen and oxygen atoms in total. The van der Waals surface area contributed by atoms with Crippen molar-refractivity contribution in [1.29, 1.82) is 0 Å². The minimum Gasteiger partial charge on any atom is -0.480 e. The topological polar surface area (TPSA) is 191 Å². The number of aromatic amines is 1. The molecule has 2 heterocycles. The highest BCUT2D eigenvalue weighted by molar-refractivity contribution is 5.93. The van der Waals surface area contributed by atoms with Crippen LogP contribution in [-0.2, 0) is 25.6 Å². The zero-order valence-electron chi connectivity index (χ0n) is 15.1. The van der Waals surface area contributed by atoms with E-state index in [0.717, 1.165) is 0 Å². The van der Waals surface area contributed by atoms with Gasteiger partial charge in [0.2, 0.25) is 17.7 Å². The average molecular weight is 396 g/mol. The van der Waals surface area contributed by atoms with Gasteiger partial charge in [0.05, 0.1) is 19.5 Å². The number of amides is 3. The third-order valence-electron chi connectivity index (χ3n) is 4.39. The number of H-pyrrole nitrogens is 1. The molecule has 1 fully saturated rings. The molecule has 1 aliphatic rings. The highest BCUT2D eigenvalue weighted by Gasteiger charge is 2.37. The quantitative estimate of drug-likeness (QED) is 0.253. The Morgan fingerprint density at radius 1 is 1.39 bits per heavy atom. The van der Waals surface area contributed by atoms with Crippen LogP contribution in [0.4, 0.5) is 0 Å².